The molecule has 1 fully saturated rings. The molecule has 1 heterocycles. The van der Waals surface area contributed by atoms with Crippen molar-refractivity contribution in [1.82, 2.24) is 15.0 Å². The summed E-state index contributed by atoms with van der Waals surface area (Å²) in [4.78, 5) is 0. The van der Waals surface area contributed by atoms with E-state index in [-0.39, 0.29) is 0 Å². The zero-order valence-corrected chi connectivity index (χ0v) is 9.15. The summed E-state index contributed by atoms with van der Waals surface area (Å²) in [6, 6.07) is 0. The molecule has 1 aromatic heterocycles. The molecule has 0 unspecified atom stereocenters. The van der Waals surface area contributed by atoms with Crippen molar-refractivity contribution in [3.05, 3.63) is 5.69 Å². The third-order valence-corrected chi connectivity index (χ3v) is 2.56. The first kappa shape index (κ1) is 10.4. The topological polar surface area (TPSA) is 66.0 Å². The lowest BCUT2D eigenvalue weighted by atomic mass is 10.3. The zero-order chi connectivity index (χ0) is 10.7. The van der Waals surface area contributed by atoms with E-state index in [1.807, 2.05) is 4.68 Å². The zero-order valence-electron chi connectivity index (χ0n) is 9.15. The lowest BCUT2D eigenvalue weighted by molar-refractivity contribution is 0.123. The number of hydrogen-bond acceptors (Lipinski definition) is 4. The van der Waals surface area contributed by atoms with Crippen LogP contribution < -0.4 is 5.73 Å². The number of aromatic nitrogens is 3. The van der Waals surface area contributed by atoms with Gasteiger partial charge in [-0.3, -0.25) is 0 Å². The second kappa shape index (κ2) is 4.61. The van der Waals surface area contributed by atoms with Gasteiger partial charge in [-0.1, -0.05) is 12.1 Å². The summed E-state index contributed by atoms with van der Waals surface area (Å²) in [7, 11) is 0. The fourth-order valence-corrected chi connectivity index (χ4v) is 1.67. The minimum absolute atomic E-state index is 0.589. The lowest BCUT2D eigenvalue weighted by Gasteiger charge is -2.05. The van der Waals surface area contributed by atoms with Gasteiger partial charge >= 0.3 is 0 Å². The highest BCUT2D eigenvalue weighted by atomic mass is 16.5. The molecule has 0 spiro atoms. The van der Waals surface area contributed by atoms with Crippen molar-refractivity contribution >= 4 is 5.82 Å². The van der Waals surface area contributed by atoms with Gasteiger partial charge in [-0.2, -0.15) is 0 Å². The first-order valence-electron chi connectivity index (χ1n) is 5.59. The summed E-state index contributed by atoms with van der Waals surface area (Å²) in [6.45, 7) is 4.36. The molecule has 0 atom stereocenters. The van der Waals surface area contributed by atoms with Gasteiger partial charge in [0, 0.05) is 12.5 Å². The molecule has 84 valence electrons. The van der Waals surface area contributed by atoms with Gasteiger partial charge in [0.15, 0.2) is 5.82 Å². The summed E-state index contributed by atoms with van der Waals surface area (Å²) < 4.78 is 7.31. The van der Waals surface area contributed by atoms with E-state index in [0.717, 1.165) is 25.3 Å². The minimum Gasteiger partial charge on any atom is -0.381 e. The number of rotatable bonds is 6. The number of hydrogen-bond donors (Lipinski definition) is 1. The second-order valence-corrected chi connectivity index (χ2v) is 3.97. The molecule has 1 aliphatic rings. The molecule has 2 rings (SSSR count). The van der Waals surface area contributed by atoms with Gasteiger partial charge in [-0.15, -0.1) is 5.10 Å². The summed E-state index contributed by atoms with van der Waals surface area (Å²) in [5.41, 5.74) is 6.88. The number of ether oxygens (including phenoxy) is 1. The molecule has 0 radical (unpaired) electrons. The molecule has 1 saturated carbocycles. The third-order valence-electron chi connectivity index (χ3n) is 2.56. The van der Waals surface area contributed by atoms with Crippen LogP contribution >= 0.6 is 0 Å². The van der Waals surface area contributed by atoms with E-state index in [0.29, 0.717) is 18.3 Å². The van der Waals surface area contributed by atoms with Gasteiger partial charge in [0.2, 0.25) is 0 Å². The van der Waals surface area contributed by atoms with Crippen molar-refractivity contribution in [2.24, 2.45) is 0 Å². The molecule has 5 nitrogen and oxygen atoms in total. The molecule has 5 heteroatoms. The lowest BCUT2D eigenvalue weighted by Crippen LogP contribution is -2.11. The third kappa shape index (κ3) is 2.47. The normalized spacial score (nSPS) is 15.8. The van der Waals surface area contributed by atoms with Gasteiger partial charge in [-0.05, 0) is 19.3 Å². The second-order valence-electron chi connectivity index (χ2n) is 3.97. The van der Waals surface area contributed by atoms with Gasteiger partial charge < -0.3 is 10.5 Å². The van der Waals surface area contributed by atoms with Crippen LogP contribution in [0.3, 0.4) is 0 Å². The van der Waals surface area contributed by atoms with Crippen molar-refractivity contribution < 1.29 is 4.74 Å². The van der Waals surface area contributed by atoms with E-state index in [2.05, 4.69) is 17.2 Å². The van der Waals surface area contributed by atoms with Crippen LogP contribution in [0.25, 0.3) is 0 Å². The molecule has 0 saturated heterocycles. The standard InChI is InChI=1S/C10H18N4O/c1-2-6-15-7-5-14-9(8-3-4-8)10(11)12-13-14/h8H,2-7,11H2,1H3. The van der Waals surface area contributed by atoms with Crippen LogP contribution in [0, 0.1) is 0 Å². The highest BCUT2D eigenvalue weighted by Gasteiger charge is 2.30. The van der Waals surface area contributed by atoms with Crippen molar-refractivity contribution in [3.8, 4) is 0 Å². The van der Waals surface area contributed by atoms with Crippen molar-refractivity contribution in [1.29, 1.82) is 0 Å². The molecule has 0 amide bonds. The predicted octanol–water partition coefficient (Wildman–Crippen LogP) is 1.16. The molecule has 0 aliphatic heterocycles. The summed E-state index contributed by atoms with van der Waals surface area (Å²) >= 11 is 0. The largest absolute Gasteiger partial charge is 0.381 e. The maximum Gasteiger partial charge on any atom is 0.169 e. The number of nitrogens with two attached hydrogens (primary N) is 1. The Hall–Kier alpha value is -1.10. The Bertz CT molecular complexity index is 319. The van der Waals surface area contributed by atoms with Crippen molar-refractivity contribution in [2.75, 3.05) is 18.9 Å². The average molecular weight is 210 g/mol. The molecule has 15 heavy (non-hydrogen) atoms. The van der Waals surface area contributed by atoms with Gasteiger partial charge in [0.05, 0.1) is 18.8 Å². The summed E-state index contributed by atoms with van der Waals surface area (Å²) in [5.74, 6) is 1.18. The van der Waals surface area contributed by atoms with Gasteiger partial charge in [-0.25, -0.2) is 4.68 Å². The van der Waals surface area contributed by atoms with Crippen molar-refractivity contribution in [3.63, 3.8) is 0 Å². The summed E-state index contributed by atoms with van der Waals surface area (Å²) in [6.07, 6.45) is 3.48. The Morgan fingerprint density at radius 2 is 2.27 bits per heavy atom. The number of nitrogens with zero attached hydrogens (tertiary/aromatic N) is 3. The molecule has 1 aliphatic carbocycles. The fraction of sp³-hybridized carbons (Fsp3) is 0.800. The van der Waals surface area contributed by atoms with E-state index in [1.54, 1.807) is 0 Å². The smallest absolute Gasteiger partial charge is 0.169 e. The van der Waals surface area contributed by atoms with E-state index >= 15 is 0 Å². The highest BCUT2D eigenvalue weighted by Crippen LogP contribution is 2.41. The molecule has 1 aromatic rings. The fourth-order valence-electron chi connectivity index (χ4n) is 1.67. The molecule has 2 N–H and O–H groups in total. The van der Waals surface area contributed by atoms with Crippen LogP contribution in [-0.2, 0) is 11.3 Å². The Morgan fingerprint density at radius 3 is 2.93 bits per heavy atom. The Kier molecular flexibility index (Phi) is 3.20. The van der Waals surface area contributed by atoms with Crippen LogP contribution in [0.15, 0.2) is 0 Å². The molecule has 0 bridgehead atoms. The van der Waals surface area contributed by atoms with Crippen molar-refractivity contribution in [2.45, 2.75) is 38.6 Å². The average Bonchev–Trinajstić information content (AvgIpc) is 2.99. The maximum atomic E-state index is 5.78. The van der Waals surface area contributed by atoms with Crippen LogP contribution in [0.5, 0.6) is 0 Å². The molecular formula is C10H18N4O. The van der Waals surface area contributed by atoms with E-state index in [4.69, 9.17) is 10.5 Å². The monoisotopic (exact) mass is 210 g/mol. The minimum atomic E-state index is 0.589. The Balaban J connectivity index is 1.90. The Morgan fingerprint density at radius 1 is 1.47 bits per heavy atom. The van der Waals surface area contributed by atoms with Crippen LogP contribution in [0.2, 0.25) is 0 Å². The van der Waals surface area contributed by atoms with E-state index in [9.17, 15) is 0 Å². The quantitative estimate of drug-likeness (QED) is 0.716. The number of anilines is 1. The number of nitrogen functional groups attached to an aromatic ring is 1. The first-order chi connectivity index (χ1) is 7.33. The highest BCUT2D eigenvalue weighted by molar-refractivity contribution is 5.38. The molecule has 0 aromatic carbocycles. The predicted molar refractivity (Wildman–Crippen MR) is 57.5 cm³/mol. The van der Waals surface area contributed by atoms with Gasteiger partial charge in [0.25, 0.3) is 0 Å². The van der Waals surface area contributed by atoms with Gasteiger partial charge in [0.1, 0.15) is 0 Å². The maximum absolute atomic E-state index is 5.78. The Labute approximate surface area is 89.6 Å². The molecular weight excluding hydrogens is 192 g/mol. The summed E-state index contributed by atoms with van der Waals surface area (Å²) in [5, 5.41) is 7.95. The van der Waals surface area contributed by atoms with Crippen LogP contribution in [0.4, 0.5) is 5.82 Å². The van der Waals surface area contributed by atoms with E-state index < -0.39 is 0 Å². The van der Waals surface area contributed by atoms with Crippen LogP contribution in [0.1, 0.15) is 37.8 Å². The first-order valence-corrected chi connectivity index (χ1v) is 5.59. The van der Waals surface area contributed by atoms with E-state index in [1.165, 1.54) is 12.8 Å². The van der Waals surface area contributed by atoms with Crippen LogP contribution in [-0.4, -0.2) is 28.2 Å². The SMILES string of the molecule is CCCOCCn1nnc(N)c1C1CC1.